The maximum atomic E-state index is 12.6. The molecule has 1 aliphatic carbocycles. The molecule has 5 rings (SSSR count). The molecule has 35 heavy (non-hydrogen) atoms. The molecule has 1 aromatic carbocycles. The highest BCUT2D eigenvalue weighted by atomic mass is 16.5. The lowest BCUT2D eigenvalue weighted by atomic mass is 9.77. The Balaban J connectivity index is 1.17. The molecule has 2 aromatic heterocycles. The topological polar surface area (TPSA) is 116 Å². The summed E-state index contributed by atoms with van der Waals surface area (Å²) in [6.07, 6.45) is 11.2. The van der Waals surface area contributed by atoms with Gasteiger partial charge in [-0.3, -0.25) is 4.79 Å². The lowest BCUT2D eigenvalue weighted by molar-refractivity contribution is -0.131. The second-order valence-corrected chi connectivity index (χ2v) is 9.45. The second-order valence-electron chi connectivity index (χ2n) is 9.45. The van der Waals surface area contributed by atoms with E-state index in [0.717, 1.165) is 55.6 Å². The molecule has 9 nitrogen and oxygen atoms in total. The van der Waals surface area contributed by atoms with Gasteiger partial charge >= 0.3 is 6.09 Å². The number of ether oxygens (including phenoxy) is 1. The molecule has 3 heterocycles. The Bertz CT molecular complexity index is 1130. The van der Waals surface area contributed by atoms with Gasteiger partial charge in [0.15, 0.2) is 0 Å². The number of likely N-dealkylation sites (tertiary alicyclic amines) is 1. The van der Waals surface area contributed by atoms with Crippen molar-refractivity contribution in [2.75, 3.05) is 20.2 Å². The number of nitrogens with one attached hydrogen (secondary N) is 3. The molecule has 2 amide bonds. The van der Waals surface area contributed by atoms with Gasteiger partial charge in [0.2, 0.25) is 5.91 Å². The Hall–Kier alpha value is -3.62. The SMILES string of the molecule is COC(=O)NCC(=O)N1CCC[C@H]1c1ncc(C2CCC(c3ccc(-c4cnc[nH]4)cc3)CC2)[nH]1. The van der Waals surface area contributed by atoms with Gasteiger partial charge in [-0.05, 0) is 55.6 Å². The third kappa shape index (κ3) is 5.08. The van der Waals surface area contributed by atoms with Crippen LogP contribution in [0.2, 0.25) is 0 Å². The van der Waals surface area contributed by atoms with E-state index < -0.39 is 6.09 Å². The molecule has 2 fully saturated rings. The van der Waals surface area contributed by atoms with Crippen molar-refractivity contribution in [3.63, 3.8) is 0 Å². The van der Waals surface area contributed by atoms with Crippen molar-refractivity contribution in [2.24, 2.45) is 0 Å². The molecule has 0 unspecified atom stereocenters. The Morgan fingerprint density at radius 2 is 1.86 bits per heavy atom. The molecule has 1 saturated heterocycles. The van der Waals surface area contributed by atoms with Gasteiger partial charge < -0.3 is 24.9 Å². The highest BCUT2D eigenvalue weighted by Gasteiger charge is 2.33. The van der Waals surface area contributed by atoms with Crippen molar-refractivity contribution >= 4 is 12.0 Å². The van der Waals surface area contributed by atoms with Gasteiger partial charge in [-0.15, -0.1) is 0 Å². The summed E-state index contributed by atoms with van der Waals surface area (Å²) in [6.45, 7) is 0.607. The first-order chi connectivity index (χ1) is 17.1. The zero-order valence-corrected chi connectivity index (χ0v) is 20.0. The van der Waals surface area contributed by atoms with E-state index in [4.69, 9.17) is 0 Å². The number of alkyl carbamates (subject to hydrolysis) is 1. The van der Waals surface area contributed by atoms with Crippen LogP contribution in [0.15, 0.2) is 43.0 Å². The molecule has 1 atom stereocenters. The van der Waals surface area contributed by atoms with Crippen LogP contribution in [0.4, 0.5) is 4.79 Å². The number of hydrogen-bond donors (Lipinski definition) is 3. The molecule has 184 valence electrons. The molecule has 9 heteroatoms. The average Bonchev–Trinajstić information content (AvgIpc) is 3.69. The lowest BCUT2D eigenvalue weighted by Gasteiger charge is -2.28. The standard InChI is InChI=1S/C26H32N6O3/c1-35-26(34)29-15-24(33)32-12-2-3-23(32)25-28-14-22(31-25)20-10-6-18(7-11-20)17-4-8-19(9-5-17)21-13-27-16-30-21/h4-5,8-9,13-14,16,18,20,23H,2-3,6-7,10-12,15H2,1H3,(H,27,30)(H,28,31)(H,29,34)/t18?,20?,23-/m0/s1. The number of H-pyrrole nitrogens is 2. The highest BCUT2D eigenvalue weighted by Crippen LogP contribution is 2.41. The number of amides is 2. The molecule has 1 saturated carbocycles. The number of aromatic nitrogens is 4. The first-order valence-corrected chi connectivity index (χ1v) is 12.4. The molecule has 3 N–H and O–H groups in total. The Morgan fingerprint density at radius 3 is 2.57 bits per heavy atom. The quantitative estimate of drug-likeness (QED) is 0.492. The van der Waals surface area contributed by atoms with Gasteiger partial charge in [-0.2, -0.15) is 0 Å². The van der Waals surface area contributed by atoms with Crippen LogP contribution >= 0.6 is 0 Å². The Labute approximate surface area is 204 Å². The molecular weight excluding hydrogens is 444 g/mol. The van der Waals surface area contributed by atoms with Crippen LogP contribution in [0.3, 0.4) is 0 Å². The van der Waals surface area contributed by atoms with Gasteiger partial charge in [0.25, 0.3) is 0 Å². The number of carbonyl (C=O) groups is 2. The van der Waals surface area contributed by atoms with Gasteiger partial charge in [-0.25, -0.2) is 14.8 Å². The van der Waals surface area contributed by atoms with Crippen LogP contribution in [0.5, 0.6) is 0 Å². The monoisotopic (exact) mass is 476 g/mol. The summed E-state index contributed by atoms with van der Waals surface area (Å²) in [7, 11) is 1.29. The Kier molecular flexibility index (Phi) is 6.83. The first-order valence-electron chi connectivity index (χ1n) is 12.4. The van der Waals surface area contributed by atoms with E-state index in [9.17, 15) is 9.59 Å². The van der Waals surface area contributed by atoms with Crippen LogP contribution < -0.4 is 5.32 Å². The highest BCUT2D eigenvalue weighted by molar-refractivity contribution is 5.82. The number of aromatic amines is 2. The zero-order valence-electron chi connectivity index (χ0n) is 20.0. The van der Waals surface area contributed by atoms with E-state index in [1.807, 2.05) is 17.3 Å². The van der Waals surface area contributed by atoms with E-state index in [2.05, 4.69) is 54.3 Å². The number of hydrogen-bond acceptors (Lipinski definition) is 5. The maximum absolute atomic E-state index is 12.6. The predicted molar refractivity (Wildman–Crippen MR) is 131 cm³/mol. The molecule has 0 spiro atoms. The van der Waals surface area contributed by atoms with Crippen LogP contribution in [0.1, 0.15) is 73.5 Å². The number of benzene rings is 1. The number of methoxy groups -OCH3 is 1. The van der Waals surface area contributed by atoms with Gasteiger partial charge in [0.1, 0.15) is 12.4 Å². The summed E-state index contributed by atoms with van der Waals surface area (Å²) in [5, 5.41) is 2.48. The molecule has 0 radical (unpaired) electrons. The molecular formula is C26H32N6O3. The average molecular weight is 477 g/mol. The summed E-state index contributed by atoms with van der Waals surface area (Å²) in [6, 6.07) is 8.77. The van der Waals surface area contributed by atoms with Crippen molar-refractivity contribution in [3.05, 3.63) is 60.1 Å². The number of nitrogens with zero attached hydrogens (tertiary/aromatic N) is 3. The minimum absolute atomic E-state index is 0.0659. The number of imidazole rings is 2. The van der Waals surface area contributed by atoms with Crippen molar-refractivity contribution in [1.82, 2.24) is 30.2 Å². The summed E-state index contributed by atoms with van der Waals surface area (Å²) < 4.78 is 4.56. The van der Waals surface area contributed by atoms with Crippen molar-refractivity contribution in [3.8, 4) is 11.3 Å². The fourth-order valence-electron chi connectivity index (χ4n) is 5.49. The van der Waals surface area contributed by atoms with E-state index in [0.29, 0.717) is 18.4 Å². The summed E-state index contributed by atoms with van der Waals surface area (Å²) >= 11 is 0. The van der Waals surface area contributed by atoms with Gasteiger partial charge in [-0.1, -0.05) is 24.3 Å². The summed E-state index contributed by atoms with van der Waals surface area (Å²) in [4.78, 5) is 41.2. The van der Waals surface area contributed by atoms with Crippen LogP contribution in [-0.2, 0) is 9.53 Å². The van der Waals surface area contributed by atoms with E-state index in [-0.39, 0.29) is 18.5 Å². The number of carbonyl (C=O) groups excluding carboxylic acids is 2. The zero-order chi connectivity index (χ0) is 24.2. The van der Waals surface area contributed by atoms with E-state index in [1.54, 1.807) is 6.33 Å². The van der Waals surface area contributed by atoms with Crippen molar-refractivity contribution in [1.29, 1.82) is 0 Å². The second kappa shape index (κ2) is 10.3. The van der Waals surface area contributed by atoms with Crippen LogP contribution in [-0.4, -0.2) is 57.0 Å². The van der Waals surface area contributed by atoms with Crippen LogP contribution in [0.25, 0.3) is 11.3 Å². The fourth-order valence-corrected chi connectivity index (χ4v) is 5.49. The fraction of sp³-hybridized carbons (Fsp3) is 0.462. The normalized spacial score (nSPS) is 22.2. The lowest BCUT2D eigenvalue weighted by Crippen LogP contribution is -2.40. The van der Waals surface area contributed by atoms with Crippen molar-refractivity contribution in [2.45, 2.75) is 56.4 Å². The van der Waals surface area contributed by atoms with Crippen LogP contribution in [0, 0.1) is 0 Å². The maximum Gasteiger partial charge on any atom is 0.407 e. The third-order valence-electron chi connectivity index (χ3n) is 7.43. The van der Waals surface area contributed by atoms with Gasteiger partial charge in [0, 0.05) is 24.4 Å². The molecule has 2 aliphatic rings. The molecule has 0 bridgehead atoms. The number of rotatable bonds is 6. The summed E-state index contributed by atoms with van der Waals surface area (Å²) in [5.74, 6) is 1.77. The minimum Gasteiger partial charge on any atom is -0.453 e. The van der Waals surface area contributed by atoms with E-state index in [1.165, 1.54) is 18.4 Å². The van der Waals surface area contributed by atoms with Gasteiger partial charge in [0.05, 0.1) is 31.4 Å². The first kappa shape index (κ1) is 23.1. The Morgan fingerprint density at radius 1 is 1.09 bits per heavy atom. The third-order valence-corrected chi connectivity index (χ3v) is 7.43. The van der Waals surface area contributed by atoms with Crippen molar-refractivity contribution < 1.29 is 14.3 Å². The molecule has 1 aliphatic heterocycles. The smallest absolute Gasteiger partial charge is 0.407 e. The predicted octanol–water partition coefficient (Wildman–Crippen LogP) is 4.26. The van der Waals surface area contributed by atoms with E-state index >= 15 is 0 Å². The minimum atomic E-state index is -0.598. The molecule has 3 aromatic rings. The summed E-state index contributed by atoms with van der Waals surface area (Å²) in [5.41, 5.74) is 4.76. The largest absolute Gasteiger partial charge is 0.453 e.